The minimum atomic E-state index is -0.239. The molecule has 2 amide bonds. The Morgan fingerprint density at radius 3 is 2.65 bits per heavy atom. The maximum Gasteiger partial charge on any atom is 0.228 e. The van der Waals surface area contributed by atoms with Gasteiger partial charge in [0.15, 0.2) is 0 Å². The van der Waals surface area contributed by atoms with Gasteiger partial charge in [0.25, 0.3) is 0 Å². The molecule has 0 saturated carbocycles. The first kappa shape index (κ1) is 14.0. The second kappa shape index (κ2) is 6.00. The predicted molar refractivity (Wildman–Crippen MR) is 64.3 cm³/mol. The lowest BCUT2D eigenvalue weighted by molar-refractivity contribution is -0.138. The summed E-state index contributed by atoms with van der Waals surface area (Å²) in [6.45, 7) is 7.23. The Balaban J connectivity index is 2.66. The normalized spacial score (nSPS) is 20.2. The number of hydrogen-bond donors (Lipinski definition) is 1. The Labute approximate surface area is 102 Å². The van der Waals surface area contributed by atoms with Gasteiger partial charge in [0.1, 0.15) is 0 Å². The number of carbonyl (C=O) groups is 2. The van der Waals surface area contributed by atoms with Crippen molar-refractivity contribution in [3.8, 4) is 0 Å². The number of aliphatic hydroxyl groups excluding tert-OH is 1. The number of rotatable bonds is 5. The zero-order valence-electron chi connectivity index (χ0n) is 10.8. The van der Waals surface area contributed by atoms with Crippen LogP contribution in [-0.4, -0.2) is 59.0 Å². The van der Waals surface area contributed by atoms with Gasteiger partial charge in [0, 0.05) is 32.1 Å². The maximum atomic E-state index is 12.2. The number of amides is 2. The van der Waals surface area contributed by atoms with E-state index in [0.29, 0.717) is 26.1 Å². The van der Waals surface area contributed by atoms with E-state index in [1.807, 2.05) is 20.8 Å². The third kappa shape index (κ3) is 3.19. The summed E-state index contributed by atoms with van der Waals surface area (Å²) in [7, 11) is 0. The number of carbonyl (C=O) groups excluding carboxylic acids is 2. The second-order valence-corrected chi connectivity index (χ2v) is 4.68. The monoisotopic (exact) mass is 242 g/mol. The topological polar surface area (TPSA) is 60.9 Å². The molecule has 5 heteroatoms. The average Bonchev–Trinajstić information content (AvgIpc) is 2.66. The fraction of sp³-hybridized carbons (Fsp3) is 0.833. The highest BCUT2D eigenvalue weighted by Crippen LogP contribution is 2.20. The standard InChI is InChI=1S/C12H22N2O3/c1-4-13-8-10(7-11(13)16)12(17)14(5-6-15)9(2)3/h9-10,15H,4-8H2,1-3H3. The molecule has 1 heterocycles. The first-order valence-electron chi connectivity index (χ1n) is 6.20. The van der Waals surface area contributed by atoms with Gasteiger partial charge in [0.2, 0.25) is 11.8 Å². The fourth-order valence-electron chi connectivity index (χ4n) is 2.21. The molecule has 17 heavy (non-hydrogen) atoms. The zero-order chi connectivity index (χ0) is 13.0. The number of aliphatic hydroxyl groups is 1. The van der Waals surface area contributed by atoms with Crippen molar-refractivity contribution in [3.05, 3.63) is 0 Å². The molecule has 5 nitrogen and oxygen atoms in total. The van der Waals surface area contributed by atoms with Crippen LogP contribution in [0.15, 0.2) is 0 Å². The van der Waals surface area contributed by atoms with E-state index in [-0.39, 0.29) is 30.4 Å². The van der Waals surface area contributed by atoms with Crippen molar-refractivity contribution in [2.24, 2.45) is 5.92 Å². The Kier molecular flexibility index (Phi) is 4.93. The van der Waals surface area contributed by atoms with Crippen LogP contribution in [-0.2, 0) is 9.59 Å². The van der Waals surface area contributed by atoms with Gasteiger partial charge in [-0.15, -0.1) is 0 Å². The smallest absolute Gasteiger partial charge is 0.228 e. The molecule has 1 aliphatic heterocycles. The van der Waals surface area contributed by atoms with Crippen LogP contribution in [0.3, 0.4) is 0 Å². The fourth-order valence-corrected chi connectivity index (χ4v) is 2.21. The molecule has 0 aromatic carbocycles. The first-order chi connectivity index (χ1) is 8.01. The van der Waals surface area contributed by atoms with E-state index in [4.69, 9.17) is 5.11 Å². The minimum Gasteiger partial charge on any atom is -0.395 e. The summed E-state index contributed by atoms with van der Waals surface area (Å²) in [6.07, 6.45) is 0.307. The van der Waals surface area contributed by atoms with Crippen LogP contribution in [0.25, 0.3) is 0 Å². The molecule has 0 aromatic heterocycles. The SMILES string of the molecule is CCN1CC(C(=O)N(CCO)C(C)C)CC1=O. The molecule has 0 spiro atoms. The molecule has 1 aliphatic rings. The summed E-state index contributed by atoms with van der Waals surface area (Å²) in [5.41, 5.74) is 0. The first-order valence-corrected chi connectivity index (χ1v) is 6.20. The Bertz CT molecular complexity index is 291. The van der Waals surface area contributed by atoms with Crippen LogP contribution in [0, 0.1) is 5.92 Å². The Morgan fingerprint density at radius 2 is 2.24 bits per heavy atom. The van der Waals surface area contributed by atoms with Gasteiger partial charge in [0.05, 0.1) is 12.5 Å². The van der Waals surface area contributed by atoms with Gasteiger partial charge in [-0.05, 0) is 20.8 Å². The third-order valence-electron chi connectivity index (χ3n) is 3.19. The molecule has 0 aliphatic carbocycles. The maximum absolute atomic E-state index is 12.2. The van der Waals surface area contributed by atoms with Gasteiger partial charge in [-0.1, -0.05) is 0 Å². The largest absolute Gasteiger partial charge is 0.395 e. The van der Waals surface area contributed by atoms with Crippen LogP contribution >= 0.6 is 0 Å². The summed E-state index contributed by atoms with van der Waals surface area (Å²) in [5.74, 6) is -0.201. The van der Waals surface area contributed by atoms with Crippen molar-refractivity contribution < 1.29 is 14.7 Å². The summed E-state index contributed by atoms with van der Waals surface area (Å²) in [4.78, 5) is 27.2. The highest BCUT2D eigenvalue weighted by Gasteiger charge is 2.36. The Hall–Kier alpha value is -1.10. The molecule has 0 bridgehead atoms. The zero-order valence-corrected chi connectivity index (χ0v) is 10.8. The van der Waals surface area contributed by atoms with E-state index in [9.17, 15) is 9.59 Å². The van der Waals surface area contributed by atoms with E-state index in [1.54, 1.807) is 9.80 Å². The summed E-state index contributed by atoms with van der Waals surface area (Å²) < 4.78 is 0. The van der Waals surface area contributed by atoms with Gasteiger partial charge < -0.3 is 14.9 Å². The third-order valence-corrected chi connectivity index (χ3v) is 3.19. The average molecular weight is 242 g/mol. The lowest BCUT2D eigenvalue weighted by Crippen LogP contribution is -2.43. The highest BCUT2D eigenvalue weighted by atomic mass is 16.3. The summed E-state index contributed by atoms with van der Waals surface area (Å²) in [5, 5.41) is 8.96. The molecule has 0 aromatic rings. The lowest BCUT2D eigenvalue weighted by atomic mass is 10.1. The predicted octanol–water partition coefficient (Wildman–Crippen LogP) is 0.0841. The van der Waals surface area contributed by atoms with E-state index in [0.717, 1.165) is 0 Å². The minimum absolute atomic E-state index is 0.0154. The molecule has 0 radical (unpaired) electrons. The molecular formula is C12H22N2O3. The molecule has 1 rings (SSSR count). The number of nitrogens with zero attached hydrogens (tertiary/aromatic N) is 2. The molecule has 1 unspecified atom stereocenters. The quantitative estimate of drug-likeness (QED) is 0.743. The van der Waals surface area contributed by atoms with Crippen LogP contribution in [0.5, 0.6) is 0 Å². The van der Waals surface area contributed by atoms with Crippen molar-refractivity contribution in [1.82, 2.24) is 9.80 Å². The van der Waals surface area contributed by atoms with E-state index < -0.39 is 0 Å². The van der Waals surface area contributed by atoms with Crippen LogP contribution < -0.4 is 0 Å². The molecule has 98 valence electrons. The van der Waals surface area contributed by atoms with E-state index >= 15 is 0 Å². The molecule has 1 fully saturated rings. The Morgan fingerprint density at radius 1 is 1.59 bits per heavy atom. The van der Waals surface area contributed by atoms with Gasteiger partial charge >= 0.3 is 0 Å². The second-order valence-electron chi connectivity index (χ2n) is 4.68. The highest BCUT2D eigenvalue weighted by molar-refractivity contribution is 5.89. The molecular weight excluding hydrogens is 220 g/mol. The van der Waals surface area contributed by atoms with E-state index in [1.165, 1.54) is 0 Å². The van der Waals surface area contributed by atoms with Gasteiger partial charge in [-0.2, -0.15) is 0 Å². The number of likely N-dealkylation sites (tertiary alicyclic amines) is 1. The van der Waals surface area contributed by atoms with Crippen LogP contribution in [0.2, 0.25) is 0 Å². The lowest BCUT2D eigenvalue weighted by Gasteiger charge is -2.28. The summed E-state index contributed by atoms with van der Waals surface area (Å²) >= 11 is 0. The van der Waals surface area contributed by atoms with Crippen molar-refractivity contribution in [1.29, 1.82) is 0 Å². The van der Waals surface area contributed by atoms with Crippen molar-refractivity contribution in [2.75, 3.05) is 26.2 Å². The van der Waals surface area contributed by atoms with Gasteiger partial charge in [-0.25, -0.2) is 0 Å². The molecule has 1 atom stereocenters. The summed E-state index contributed by atoms with van der Waals surface area (Å²) in [6, 6.07) is 0.0560. The van der Waals surface area contributed by atoms with Crippen molar-refractivity contribution in [3.63, 3.8) is 0 Å². The van der Waals surface area contributed by atoms with Crippen LogP contribution in [0.4, 0.5) is 0 Å². The van der Waals surface area contributed by atoms with Crippen molar-refractivity contribution in [2.45, 2.75) is 33.2 Å². The van der Waals surface area contributed by atoms with Gasteiger partial charge in [-0.3, -0.25) is 9.59 Å². The van der Waals surface area contributed by atoms with Crippen molar-refractivity contribution >= 4 is 11.8 Å². The number of hydrogen-bond acceptors (Lipinski definition) is 3. The molecule has 1 saturated heterocycles. The molecule has 1 N–H and O–H groups in total. The van der Waals surface area contributed by atoms with Crippen LogP contribution in [0.1, 0.15) is 27.2 Å². The van der Waals surface area contributed by atoms with E-state index in [2.05, 4.69) is 0 Å².